The van der Waals surface area contributed by atoms with Crippen LogP contribution in [0, 0.1) is 12.8 Å². The summed E-state index contributed by atoms with van der Waals surface area (Å²) in [5.74, 6) is -0.113. The van der Waals surface area contributed by atoms with E-state index < -0.39 is 24.5 Å². The van der Waals surface area contributed by atoms with Gasteiger partial charge in [-0.3, -0.25) is 4.79 Å². The van der Waals surface area contributed by atoms with Crippen molar-refractivity contribution in [2.45, 2.75) is 34.1 Å². The maximum Gasteiger partial charge on any atom is 0.341 e. The first kappa shape index (κ1) is 22.4. The standard InChI is InChI=1S/C21H25NO6S/c1-5-26-21(25)19-15(10-13(2)3)12-29-20(19)22-17(23)11-27-18(24)9-8-16-7-6-14(4)28-16/h6-9,12-13H,5,10-11H2,1-4H3,(H,22,23). The van der Waals surface area contributed by atoms with Crippen molar-refractivity contribution >= 4 is 40.3 Å². The number of esters is 2. The van der Waals surface area contributed by atoms with E-state index in [1.165, 1.54) is 23.5 Å². The second-order valence-corrected chi connectivity index (χ2v) is 7.60. The molecule has 156 valence electrons. The molecule has 0 saturated heterocycles. The highest BCUT2D eigenvalue weighted by molar-refractivity contribution is 7.15. The summed E-state index contributed by atoms with van der Waals surface area (Å²) in [6.45, 7) is 7.37. The van der Waals surface area contributed by atoms with Crippen LogP contribution >= 0.6 is 11.3 Å². The van der Waals surface area contributed by atoms with Crippen molar-refractivity contribution in [2.75, 3.05) is 18.5 Å². The SMILES string of the molecule is CCOC(=O)c1c(CC(C)C)csc1NC(=O)COC(=O)C=Cc1ccc(C)o1. The fraction of sp³-hybridized carbons (Fsp3) is 0.381. The Kier molecular flexibility index (Phi) is 8.21. The minimum Gasteiger partial charge on any atom is -0.462 e. The lowest BCUT2D eigenvalue weighted by Crippen LogP contribution is -2.21. The average Bonchev–Trinajstić information content (AvgIpc) is 3.24. The number of nitrogens with one attached hydrogen (secondary N) is 1. The maximum atomic E-state index is 12.3. The van der Waals surface area contributed by atoms with Crippen LogP contribution in [0.25, 0.3) is 6.08 Å². The first-order valence-electron chi connectivity index (χ1n) is 9.28. The predicted octanol–water partition coefficient (Wildman–Crippen LogP) is 4.22. The largest absolute Gasteiger partial charge is 0.462 e. The molecule has 2 aromatic rings. The summed E-state index contributed by atoms with van der Waals surface area (Å²) >= 11 is 1.25. The van der Waals surface area contributed by atoms with E-state index in [0.717, 1.165) is 11.3 Å². The number of hydrogen-bond acceptors (Lipinski definition) is 7. The molecule has 0 unspecified atom stereocenters. The van der Waals surface area contributed by atoms with Crippen LogP contribution < -0.4 is 5.32 Å². The number of aryl methyl sites for hydroxylation is 1. The van der Waals surface area contributed by atoms with Gasteiger partial charge in [0.25, 0.3) is 5.91 Å². The Bertz CT molecular complexity index is 893. The van der Waals surface area contributed by atoms with Gasteiger partial charge in [0.15, 0.2) is 6.61 Å². The molecular weight excluding hydrogens is 394 g/mol. The predicted molar refractivity (Wildman–Crippen MR) is 111 cm³/mol. The summed E-state index contributed by atoms with van der Waals surface area (Å²) in [5, 5.41) is 4.86. The monoisotopic (exact) mass is 419 g/mol. The van der Waals surface area contributed by atoms with Gasteiger partial charge in [-0.2, -0.15) is 0 Å². The van der Waals surface area contributed by atoms with Gasteiger partial charge in [-0.25, -0.2) is 9.59 Å². The van der Waals surface area contributed by atoms with Crippen molar-refractivity contribution in [3.63, 3.8) is 0 Å². The van der Waals surface area contributed by atoms with Gasteiger partial charge in [0.1, 0.15) is 16.5 Å². The number of ether oxygens (including phenoxy) is 2. The molecule has 8 heteroatoms. The van der Waals surface area contributed by atoms with Gasteiger partial charge in [-0.05, 0) is 55.3 Å². The van der Waals surface area contributed by atoms with Crippen molar-refractivity contribution in [1.82, 2.24) is 0 Å². The highest BCUT2D eigenvalue weighted by atomic mass is 32.1. The Labute approximate surface area is 173 Å². The summed E-state index contributed by atoms with van der Waals surface area (Å²) in [6, 6.07) is 3.49. The van der Waals surface area contributed by atoms with Gasteiger partial charge in [0.2, 0.25) is 0 Å². The van der Waals surface area contributed by atoms with Crippen LogP contribution in [0.15, 0.2) is 28.0 Å². The molecule has 7 nitrogen and oxygen atoms in total. The molecule has 0 aliphatic rings. The molecule has 29 heavy (non-hydrogen) atoms. The van der Waals surface area contributed by atoms with Crippen molar-refractivity contribution in [3.8, 4) is 0 Å². The van der Waals surface area contributed by atoms with Crippen LogP contribution in [0.1, 0.15) is 48.2 Å². The normalized spacial score (nSPS) is 11.1. The lowest BCUT2D eigenvalue weighted by Gasteiger charge is -2.09. The topological polar surface area (TPSA) is 94.8 Å². The molecule has 0 atom stereocenters. The molecule has 2 heterocycles. The minimum absolute atomic E-state index is 0.238. The van der Waals surface area contributed by atoms with E-state index in [4.69, 9.17) is 13.9 Å². The summed E-state index contributed by atoms with van der Waals surface area (Å²) in [4.78, 5) is 36.3. The molecule has 1 N–H and O–H groups in total. The van der Waals surface area contributed by atoms with E-state index in [9.17, 15) is 14.4 Å². The maximum absolute atomic E-state index is 12.3. The molecule has 0 aliphatic carbocycles. The molecule has 1 amide bonds. The molecule has 0 fully saturated rings. The number of rotatable bonds is 9. The average molecular weight is 419 g/mol. The van der Waals surface area contributed by atoms with Gasteiger partial charge >= 0.3 is 11.9 Å². The second kappa shape index (κ2) is 10.6. The van der Waals surface area contributed by atoms with Crippen molar-refractivity contribution < 1.29 is 28.3 Å². The smallest absolute Gasteiger partial charge is 0.341 e. The Morgan fingerprint density at radius 3 is 2.62 bits per heavy atom. The Morgan fingerprint density at radius 1 is 1.24 bits per heavy atom. The van der Waals surface area contributed by atoms with Gasteiger partial charge in [-0.15, -0.1) is 11.3 Å². The van der Waals surface area contributed by atoms with E-state index >= 15 is 0 Å². The lowest BCUT2D eigenvalue weighted by atomic mass is 10.0. The van der Waals surface area contributed by atoms with Crippen molar-refractivity contribution in [3.05, 3.63) is 46.2 Å². The van der Waals surface area contributed by atoms with E-state index in [-0.39, 0.29) is 6.61 Å². The second-order valence-electron chi connectivity index (χ2n) is 6.72. The fourth-order valence-electron chi connectivity index (χ4n) is 2.54. The highest BCUT2D eigenvalue weighted by Crippen LogP contribution is 2.30. The molecule has 2 aromatic heterocycles. The Morgan fingerprint density at radius 2 is 2.00 bits per heavy atom. The van der Waals surface area contributed by atoms with Gasteiger partial charge in [-0.1, -0.05) is 13.8 Å². The van der Waals surface area contributed by atoms with Crippen LogP contribution in [-0.4, -0.2) is 31.1 Å². The van der Waals surface area contributed by atoms with E-state index in [0.29, 0.717) is 28.7 Å². The third-order valence-corrected chi connectivity index (χ3v) is 4.66. The molecular formula is C21H25NO6S. The molecule has 0 saturated carbocycles. The first-order valence-corrected chi connectivity index (χ1v) is 10.2. The zero-order valence-electron chi connectivity index (χ0n) is 16.9. The van der Waals surface area contributed by atoms with Crippen molar-refractivity contribution in [2.24, 2.45) is 5.92 Å². The van der Waals surface area contributed by atoms with Crippen LogP contribution in [0.5, 0.6) is 0 Å². The number of hydrogen-bond donors (Lipinski definition) is 1. The van der Waals surface area contributed by atoms with Crippen LogP contribution in [0.4, 0.5) is 5.00 Å². The number of anilines is 1. The quantitative estimate of drug-likeness (QED) is 0.483. The third kappa shape index (κ3) is 6.90. The molecule has 0 radical (unpaired) electrons. The van der Waals surface area contributed by atoms with Crippen LogP contribution in [-0.2, 0) is 25.5 Å². The number of amides is 1. The molecule has 0 bridgehead atoms. The summed E-state index contributed by atoms with van der Waals surface area (Å²) in [6.07, 6.45) is 3.33. The van der Waals surface area contributed by atoms with E-state index in [2.05, 4.69) is 5.32 Å². The number of carbonyl (C=O) groups is 3. The summed E-state index contributed by atoms with van der Waals surface area (Å²) in [7, 11) is 0. The number of thiophene rings is 1. The highest BCUT2D eigenvalue weighted by Gasteiger charge is 2.22. The number of carbonyl (C=O) groups excluding carboxylic acids is 3. The Balaban J connectivity index is 1.97. The molecule has 0 spiro atoms. The third-order valence-electron chi connectivity index (χ3n) is 3.72. The molecule has 0 aromatic carbocycles. The van der Waals surface area contributed by atoms with E-state index in [1.54, 1.807) is 26.0 Å². The van der Waals surface area contributed by atoms with Gasteiger partial charge < -0.3 is 19.2 Å². The van der Waals surface area contributed by atoms with Gasteiger partial charge in [0.05, 0.1) is 12.2 Å². The molecule has 0 aliphatic heterocycles. The lowest BCUT2D eigenvalue weighted by molar-refractivity contribution is -0.142. The molecule has 2 rings (SSSR count). The van der Waals surface area contributed by atoms with E-state index in [1.807, 2.05) is 19.2 Å². The zero-order valence-corrected chi connectivity index (χ0v) is 17.8. The van der Waals surface area contributed by atoms with Crippen molar-refractivity contribution in [1.29, 1.82) is 0 Å². The summed E-state index contributed by atoms with van der Waals surface area (Å²) in [5.41, 5.74) is 1.19. The van der Waals surface area contributed by atoms with Crippen LogP contribution in [0.2, 0.25) is 0 Å². The van der Waals surface area contributed by atoms with Crippen LogP contribution in [0.3, 0.4) is 0 Å². The zero-order chi connectivity index (χ0) is 21.4. The van der Waals surface area contributed by atoms with Gasteiger partial charge in [0, 0.05) is 6.08 Å². The Hall–Kier alpha value is -2.87. The first-order chi connectivity index (χ1) is 13.8. The minimum atomic E-state index is -0.675. The summed E-state index contributed by atoms with van der Waals surface area (Å²) < 4.78 is 15.4. The fourth-order valence-corrected chi connectivity index (χ4v) is 3.52. The number of furan rings is 1.